The van der Waals surface area contributed by atoms with Crippen LogP contribution in [0.4, 0.5) is 0 Å². The lowest BCUT2D eigenvalue weighted by Gasteiger charge is -2.31. The number of hydrogen-bond donors (Lipinski definition) is 0. The third-order valence-electron chi connectivity index (χ3n) is 3.98. The fraction of sp³-hybridized carbons (Fsp3) is 0.400. The van der Waals surface area contributed by atoms with Crippen molar-refractivity contribution < 1.29 is 5.21 Å². The Bertz CT molecular complexity index is 577. The molecule has 2 heterocycles. The first-order chi connectivity index (χ1) is 8.35. The molecule has 0 unspecified atom stereocenters. The van der Waals surface area contributed by atoms with Gasteiger partial charge in [-0.1, -0.05) is 18.2 Å². The summed E-state index contributed by atoms with van der Waals surface area (Å²) in [4.78, 5) is 4.71. The van der Waals surface area contributed by atoms with Crippen LogP contribution in [0.5, 0.6) is 0 Å². The summed E-state index contributed by atoms with van der Waals surface area (Å²) in [7, 11) is 0. The molecule has 0 bridgehead atoms. The topological polar surface area (TPSA) is 36.0 Å². The smallest absolute Gasteiger partial charge is 0.0870 e. The maximum atomic E-state index is 12.5. The summed E-state index contributed by atoms with van der Waals surface area (Å²) in [6, 6.07) is 10.1. The molecule has 1 radical (unpaired) electrons. The highest BCUT2D eigenvalue weighted by Crippen LogP contribution is 2.48. The van der Waals surface area contributed by atoms with Crippen molar-refractivity contribution in [3.05, 3.63) is 41.6 Å². The van der Waals surface area contributed by atoms with E-state index in [4.69, 9.17) is 4.98 Å². The minimum atomic E-state index is -0.567. The van der Waals surface area contributed by atoms with Gasteiger partial charge in [0, 0.05) is 5.39 Å². The lowest BCUT2D eigenvalue weighted by atomic mass is 9.94. The lowest BCUT2D eigenvalue weighted by molar-refractivity contribution is -0.266. The Labute approximate surface area is 107 Å². The SMILES string of the molecule is CC1(C)c2cc3ccccc3nc2C(C)(C)N1[O]. The molecular formula is C15H17N2O. The summed E-state index contributed by atoms with van der Waals surface area (Å²) < 4.78 is 0. The summed E-state index contributed by atoms with van der Waals surface area (Å²) in [6.45, 7) is 7.80. The minimum Gasteiger partial charge on any atom is -0.250 e. The molecule has 3 rings (SSSR count). The summed E-state index contributed by atoms with van der Waals surface area (Å²) in [6.07, 6.45) is 0. The lowest BCUT2D eigenvalue weighted by Crippen LogP contribution is -2.41. The van der Waals surface area contributed by atoms with Crippen LogP contribution in [0.2, 0.25) is 0 Å². The van der Waals surface area contributed by atoms with Crippen LogP contribution in [0, 0.1) is 0 Å². The van der Waals surface area contributed by atoms with Gasteiger partial charge in [0.15, 0.2) is 0 Å². The Kier molecular flexibility index (Phi) is 2.14. The molecular weight excluding hydrogens is 224 g/mol. The number of pyridine rings is 1. The van der Waals surface area contributed by atoms with E-state index in [1.54, 1.807) is 0 Å². The molecule has 1 aliphatic rings. The normalized spacial score (nSPS) is 21.2. The van der Waals surface area contributed by atoms with Crippen LogP contribution in [0.15, 0.2) is 30.3 Å². The van der Waals surface area contributed by atoms with Gasteiger partial charge in [-0.15, -0.1) is 10.3 Å². The largest absolute Gasteiger partial charge is 0.250 e. The Hall–Kier alpha value is -1.45. The van der Waals surface area contributed by atoms with Crippen molar-refractivity contribution in [3.63, 3.8) is 0 Å². The number of rotatable bonds is 0. The zero-order valence-corrected chi connectivity index (χ0v) is 11.2. The van der Waals surface area contributed by atoms with E-state index in [1.165, 1.54) is 0 Å². The van der Waals surface area contributed by atoms with Gasteiger partial charge in [-0.3, -0.25) is 4.98 Å². The molecule has 0 atom stereocenters. The van der Waals surface area contributed by atoms with Crippen molar-refractivity contribution in [1.29, 1.82) is 0 Å². The van der Waals surface area contributed by atoms with Crippen molar-refractivity contribution in [2.24, 2.45) is 0 Å². The number of aromatic nitrogens is 1. The molecule has 3 nitrogen and oxygen atoms in total. The average Bonchev–Trinajstić information content (AvgIpc) is 2.47. The maximum Gasteiger partial charge on any atom is 0.0870 e. The predicted molar refractivity (Wildman–Crippen MR) is 70.3 cm³/mol. The highest BCUT2D eigenvalue weighted by atomic mass is 16.5. The summed E-state index contributed by atoms with van der Waals surface area (Å²) in [5.74, 6) is 0. The molecule has 0 saturated heterocycles. The Balaban J connectivity index is 2.38. The van der Waals surface area contributed by atoms with Gasteiger partial charge in [0.25, 0.3) is 0 Å². The average molecular weight is 241 g/mol. The Morgan fingerprint density at radius 1 is 1.06 bits per heavy atom. The van der Waals surface area contributed by atoms with Crippen LogP contribution in [-0.4, -0.2) is 10.0 Å². The fourth-order valence-electron chi connectivity index (χ4n) is 2.95. The summed E-state index contributed by atoms with van der Waals surface area (Å²) >= 11 is 0. The van der Waals surface area contributed by atoms with Gasteiger partial charge >= 0.3 is 0 Å². The van der Waals surface area contributed by atoms with E-state index in [-0.39, 0.29) is 0 Å². The second kappa shape index (κ2) is 3.31. The molecule has 18 heavy (non-hydrogen) atoms. The minimum absolute atomic E-state index is 0.518. The fourth-order valence-corrected chi connectivity index (χ4v) is 2.95. The zero-order chi connectivity index (χ0) is 13.1. The van der Waals surface area contributed by atoms with Gasteiger partial charge in [0.1, 0.15) is 0 Å². The van der Waals surface area contributed by atoms with E-state index in [0.717, 1.165) is 27.2 Å². The number of hydroxylamine groups is 2. The van der Waals surface area contributed by atoms with Crippen LogP contribution in [0.3, 0.4) is 0 Å². The number of hydrogen-bond acceptors (Lipinski definition) is 2. The third kappa shape index (κ3) is 1.29. The van der Waals surface area contributed by atoms with E-state index in [2.05, 4.69) is 6.07 Å². The van der Waals surface area contributed by atoms with Crippen molar-refractivity contribution in [2.45, 2.75) is 38.8 Å². The van der Waals surface area contributed by atoms with Crippen LogP contribution in [0.25, 0.3) is 10.9 Å². The van der Waals surface area contributed by atoms with Gasteiger partial charge in [-0.2, -0.15) is 0 Å². The van der Waals surface area contributed by atoms with Crippen molar-refractivity contribution >= 4 is 10.9 Å². The Morgan fingerprint density at radius 2 is 1.72 bits per heavy atom. The molecule has 93 valence electrons. The third-order valence-corrected chi connectivity index (χ3v) is 3.98. The van der Waals surface area contributed by atoms with E-state index in [0.29, 0.717) is 0 Å². The van der Waals surface area contributed by atoms with Crippen LogP contribution in [-0.2, 0) is 16.3 Å². The number of fused-ring (bicyclic) bond motifs is 2. The monoisotopic (exact) mass is 241 g/mol. The molecule has 1 aliphatic heterocycles. The van der Waals surface area contributed by atoms with Gasteiger partial charge in [-0.05, 0) is 45.4 Å². The molecule has 0 N–H and O–H groups in total. The molecule has 0 amide bonds. The van der Waals surface area contributed by atoms with Gasteiger partial charge in [0.05, 0.1) is 22.3 Å². The molecule has 0 saturated carbocycles. The van der Waals surface area contributed by atoms with Crippen LogP contribution >= 0.6 is 0 Å². The first-order valence-electron chi connectivity index (χ1n) is 6.23. The maximum absolute atomic E-state index is 12.5. The number of benzene rings is 1. The molecule has 1 aromatic carbocycles. The second-order valence-electron chi connectivity index (χ2n) is 5.99. The van der Waals surface area contributed by atoms with E-state index < -0.39 is 11.1 Å². The van der Waals surface area contributed by atoms with Gasteiger partial charge in [0.2, 0.25) is 0 Å². The van der Waals surface area contributed by atoms with E-state index in [1.807, 2.05) is 52.0 Å². The zero-order valence-electron chi connectivity index (χ0n) is 11.2. The quantitative estimate of drug-likeness (QED) is 0.709. The highest BCUT2D eigenvalue weighted by Gasteiger charge is 2.51. The molecule has 0 fully saturated rings. The standard InChI is InChI=1S/C15H17N2O/c1-14(2)11-9-10-7-5-6-8-12(10)16-13(11)15(3,4)17(14)18/h5-9H,1-4H3. The van der Waals surface area contributed by atoms with Gasteiger partial charge in [-0.25, -0.2) is 0 Å². The summed E-state index contributed by atoms with van der Waals surface area (Å²) in [5.41, 5.74) is 1.82. The van der Waals surface area contributed by atoms with Gasteiger partial charge < -0.3 is 0 Å². The Morgan fingerprint density at radius 3 is 2.44 bits per heavy atom. The van der Waals surface area contributed by atoms with Crippen LogP contribution in [0.1, 0.15) is 39.0 Å². The molecule has 0 spiro atoms. The number of nitrogens with zero attached hydrogens (tertiary/aromatic N) is 2. The van der Waals surface area contributed by atoms with Crippen LogP contribution < -0.4 is 0 Å². The van der Waals surface area contributed by atoms with Crippen molar-refractivity contribution in [2.75, 3.05) is 0 Å². The van der Waals surface area contributed by atoms with Crippen molar-refractivity contribution in [1.82, 2.24) is 10.0 Å². The first-order valence-corrected chi connectivity index (χ1v) is 6.23. The molecule has 1 aromatic heterocycles. The van der Waals surface area contributed by atoms with E-state index >= 15 is 0 Å². The first kappa shape index (κ1) is 11.6. The molecule has 3 heteroatoms. The van der Waals surface area contributed by atoms with Crippen molar-refractivity contribution in [3.8, 4) is 0 Å². The van der Waals surface area contributed by atoms with E-state index in [9.17, 15) is 5.21 Å². The predicted octanol–water partition coefficient (Wildman–Crippen LogP) is 3.37. The summed E-state index contributed by atoms with van der Waals surface area (Å²) in [5, 5.41) is 14.7. The number of para-hydroxylation sites is 1. The highest BCUT2D eigenvalue weighted by molar-refractivity contribution is 5.80. The molecule has 0 aliphatic carbocycles. The second-order valence-corrected chi connectivity index (χ2v) is 5.99. The molecule has 2 aromatic rings.